The number of anilines is 3. The van der Waals surface area contributed by atoms with Gasteiger partial charge in [0.25, 0.3) is 0 Å². The van der Waals surface area contributed by atoms with Crippen LogP contribution in [0.15, 0.2) is 49.3 Å². The minimum Gasteiger partial charge on any atom is -0.383 e. The van der Waals surface area contributed by atoms with Gasteiger partial charge in [-0.05, 0) is 30.0 Å². The van der Waals surface area contributed by atoms with Gasteiger partial charge in [0.2, 0.25) is 5.91 Å². The molecule has 6 rings (SSSR count). The lowest BCUT2D eigenvalue weighted by Crippen LogP contribution is -2.29. The van der Waals surface area contributed by atoms with Crippen LogP contribution in [0.2, 0.25) is 0 Å². The molecule has 5 aromatic rings. The number of nitrogens with zero attached hydrogens (tertiary/aromatic N) is 7. The summed E-state index contributed by atoms with van der Waals surface area (Å²) in [5.41, 5.74) is 11.8. The van der Waals surface area contributed by atoms with Crippen molar-refractivity contribution in [3.05, 3.63) is 60.6 Å². The molecule has 1 amide bonds. The summed E-state index contributed by atoms with van der Waals surface area (Å²) in [7, 11) is 1.81. The van der Waals surface area contributed by atoms with Gasteiger partial charge in [-0.25, -0.2) is 15.0 Å². The van der Waals surface area contributed by atoms with E-state index in [2.05, 4.69) is 35.3 Å². The Labute approximate surface area is 206 Å². The molecule has 0 bridgehead atoms. The maximum atomic E-state index is 12.2. The van der Waals surface area contributed by atoms with E-state index in [0.717, 1.165) is 51.0 Å². The van der Waals surface area contributed by atoms with Crippen molar-refractivity contribution in [2.45, 2.75) is 19.9 Å². The van der Waals surface area contributed by atoms with E-state index >= 15 is 0 Å². The van der Waals surface area contributed by atoms with Gasteiger partial charge in [-0.1, -0.05) is 0 Å². The van der Waals surface area contributed by atoms with Crippen LogP contribution in [0.3, 0.4) is 0 Å². The average Bonchev–Trinajstić information content (AvgIpc) is 3.50. The highest BCUT2D eigenvalue weighted by Gasteiger charge is 2.19. The number of hydrogen-bond donors (Lipinski definition) is 3. The van der Waals surface area contributed by atoms with Crippen LogP contribution in [0.4, 0.5) is 17.5 Å². The maximum absolute atomic E-state index is 12.2. The standard InChI is InChI=1S/C25H24N10O/c1-14-17(8-27-9-18(14)21-11-28-13-30-21)20-5-15-6-22(29-10-19(15)25(26)31-20)32-23-7-16-3-4-34(2)24(36)12-35(16)33-23/h5-11,13H,3-4,12H2,1-2H3,(H2,26,31)(H,28,30)(H,29,32,33). The van der Waals surface area contributed by atoms with Crippen LogP contribution in [0.1, 0.15) is 11.3 Å². The van der Waals surface area contributed by atoms with Crippen molar-refractivity contribution in [3.8, 4) is 22.5 Å². The molecule has 6 heterocycles. The Hall–Kier alpha value is -4.80. The molecule has 0 radical (unpaired) electrons. The number of nitrogens with one attached hydrogen (secondary N) is 2. The first-order valence-electron chi connectivity index (χ1n) is 11.5. The van der Waals surface area contributed by atoms with Crippen LogP contribution in [-0.4, -0.2) is 59.1 Å². The Morgan fingerprint density at radius 2 is 1.92 bits per heavy atom. The summed E-state index contributed by atoms with van der Waals surface area (Å²) in [6.45, 7) is 2.93. The highest BCUT2D eigenvalue weighted by atomic mass is 16.2. The molecule has 11 nitrogen and oxygen atoms in total. The Kier molecular flexibility index (Phi) is 5.10. The highest BCUT2D eigenvalue weighted by Crippen LogP contribution is 2.32. The number of imidazole rings is 1. The fourth-order valence-corrected chi connectivity index (χ4v) is 4.48. The minimum atomic E-state index is 0.0455. The van der Waals surface area contributed by atoms with Crippen molar-refractivity contribution in [1.82, 2.24) is 39.6 Å². The van der Waals surface area contributed by atoms with E-state index in [1.54, 1.807) is 40.7 Å². The predicted octanol–water partition coefficient (Wildman–Crippen LogP) is 2.93. The molecule has 180 valence electrons. The molecule has 0 spiro atoms. The van der Waals surface area contributed by atoms with Crippen molar-refractivity contribution < 1.29 is 4.79 Å². The number of aromatic amines is 1. The quantitative estimate of drug-likeness (QED) is 0.356. The molecule has 0 saturated heterocycles. The normalized spacial score (nSPS) is 13.6. The number of aromatic nitrogens is 7. The number of rotatable bonds is 4. The number of carbonyl (C=O) groups excluding carboxylic acids is 1. The van der Waals surface area contributed by atoms with Gasteiger partial charge >= 0.3 is 0 Å². The van der Waals surface area contributed by atoms with E-state index in [-0.39, 0.29) is 12.5 Å². The van der Waals surface area contributed by atoms with E-state index in [0.29, 0.717) is 24.0 Å². The number of H-pyrrole nitrogens is 1. The van der Waals surface area contributed by atoms with E-state index in [1.165, 1.54) is 0 Å². The Morgan fingerprint density at radius 1 is 1.06 bits per heavy atom. The number of amides is 1. The molecule has 0 aromatic carbocycles. The summed E-state index contributed by atoms with van der Waals surface area (Å²) in [5.74, 6) is 1.70. The lowest BCUT2D eigenvalue weighted by atomic mass is 10.0. The third-order valence-electron chi connectivity index (χ3n) is 6.56. The molecule has 36 heavy (non-hydrogen) atoms. The zero-order valence-electron chi connectivity index (χ0n) is 19.9. The molecule has 5 aromatic heterocycles. The molecule has 0 aliphatic carbocycles. The van der Waals surface area contributed by atoms with E-state index in [9.17, 15) is 4.79 Å². The molecule has 0 atom stereocenters. The van der Waals surface area contributed by atoms with Crippen LogP contribution < -0.4 is 11.1 Å². The molecular weight excluding hydrogens is 456 g/mol. The maximum Gasteiger partial charge on any atom is 0.244 e. The van der Waals surface area contributed by atoms with Gasteiger partial charge in [0.15, 0.2) is 5.82 Å². The first-order chi connectivity index (χ1) is 17.5. The zero-order chi connectivity index (χ0) is 24.8. The van der Waals surface area contributed by atoms with E-state index < -0.39 is 0 Å². The second kappa shape index (κ2) is 8.45. The second-order valence-corrected chi connectivity index (χ2v) is 8.88. The van der Waals surface area contributed by atoms with Crippen LogP contribution in [0.25, 0.3) is 33.3 Å². The second-order valence-electron chi connectivity index (χ2n) is 8.88. The van der Waals surface area contributed by atoms with Crippen LogP contribution in [0.5, 0.6) is 0 Å². The molecule has 0 unspecified atom stereocenters. The summed E-state index contributed by atoms with van der Waals surface area (Å²) >= 11 is 0. The molecular formula is C25H24N10O. The van der Waals surface area contributed by atoms with Gasteiger partial charge in [-0.3, -0.25) is 14.5 Å². The van der Waals surface area contributed by atoms with Gasteiger partial charge in [0, 0.05) is 66.9 Å². The van der Waals surface area contributed by atoms with E-state index in [1.807, 2.05) is 32.2 Å². The Bertz CT molecular complexity index is 1610. The van der Waals surface area contributed by atoms with Gasteiger partial charge in [0.05, 0.1) is 23.9 Å². The van der Waals surface area contributed by atoms with Crippen LogP contribution in [0, 0.1) is 6.92 Å². The molecule has 1 aliphatic heterocycles. The van der Waals surface area contributed by atoms with Crippen molar-refractivity contribution in [3.63, 3.8) is 0 Å². The highest BCUT2D eigenvalue weighted by molar-refractivity contribution is 5.95. The number of carbonyl (C=O) groups is 1. The largest absolute Gasteiger partial charge is 0.383 e. The minimum absolute atomic E-state index is 0.0455. The number of hydrogen-bond acceptors (Lipinski definition) is 8. The monoisotopic (exact) mass is 480 g/mol. The lowest BCUT2D eigenvalue weighted by molar-refractivity contribution is -0.130. The summed E-state index contributed by atoms with van der Waals surface area (Å²) in [6.07, 6.45) is 9.46. The third-order valence-corrected chi connectivity index (χ3v) is 6.56. The topological polar surface area (TPSA) is 144 Å². The van der Waals surface area contributed by atoms with Crippen molar-refractivity contribution >= 4 is 34.1 Å². The molecule has 4 N–H and O–H groups in total. The first-order valence-corrected chi connectivity index (χ1v) is 11.5. The van der Waals surface area contributed by atoms with E-state index in [4.69, 9.17) is 5.73 Å². The predicted molar refractivity (Wildman–Crippen MR) is 136 cm³/mol. The van der Waals surface area contributed by atoms with Crippen molar-refractivity contribution in [2.24, 2.45) is 0 Å². The van der Waals surface area contributed by atoms with Gasteiger partial charge in [-0.2, -0.15) is 5.10 Å². The zero-order valence-corrected chi connectivity index (χ0v) is 19.9. The fourth-order valence-electron chi connectivity index (χ4n) is 4.48. The number of pyridine rings is 3. The lowest BCUT2D eigenvalue weighted by Gasteiger charge is -2.12. The number of nitrogen functional groups attached to an aromatic ring is 1. The first kappa shape index (κ1) is 21.7. The molecule has 1 aliphatic rings. The molecule has 0 saturated carbocycles. The SMILES string of the molecule is Cc1c(-c2cc3cc(Nc4cc5n(n4)CC(=O)N(C)CC5)ncc3c(N)n2)cncc1-c1cnc[nH]1. The number of nitrogens with two attached hydrogens (primary N) is 1. The third kappa shape index (κ3) is 3.80. The average molecular weight is 481 g/mol. The summed E-state index contributed by atoms with van der Waals surface area (Å²) in [5, 5.41) is 9.47. The molecule has 11 heteroatoms. The van der Waals surface area contributed by atoms with Gasteiger partial charge in [0.1, 0.15) is 18.2 Å². The Morgan fingerprint density at radius 3 is 2.75 bits per heavy atom. The van der Waals surface area contributed by atoms with Gasteiger partial charge in [-0.15, -0.1) is 0 Å². The van der Waals surface area contributed by atoms with Crippen LogP contribution >= 0.6 is 0 Å². The van der Waals surface area contributed by atoms with Crippen molar-refractivity contribution in [2.75, 3.05) is 24.6 Å². The Balaban J connectivity index is 1.34. The van der Waals surface area contributed by atoms with Crippen molar-refractivity contribution in [1.29, 1.82) is 0 Å². The summed E-state index contributed by atoms with van der Waals surface area (Å²) in [6, 6.07) is 5.86. The smallest absolute Gasteiger partial charge is 0.244 e. The fraction of sp³-hybridized carbons (Fsp3) is 0.200. The number of likely N-dealkylation sites (N-methyl/N-ethyl adjacent to an activating group) is 1. The molecule has 0 fully saturated rings. The summed E-state index contributed by atoms with van der Waals surface area (Å²) < 4.78 is 1.75. The van der Waals surface area contributed by atoms with Gasteiger partial charge < -0.3 is 20.9 Å². The summed E-state index contributed by atoms with van der Waals surface area (Å²) in [4.78, 5) is 34.7. The number of fused-ring (bicyclic) bond motifs is 2. The van der Waals surface area contributed by atoms with Crippen LogP contribution in [-0.2, 0) is 17.8 Å².